The second kappa shape index (κ2) is 7.62. The maximum Gasteiger partial charge on any atom is 0.410 e. The van der Waals surface area contributed by atoms with Gasteiger partial charge in [-0.15, -0.1) is 0 Å². The average Bonchev–Trinajstić information content (AvgIpc) is 2.58. The first-order valence-electron chi connectivity index (χ1n) is 8.92. The van der Waals surface area contributed by atoms with Crippen molar-refractivity contribution in [2.75, 3.05) is 25.0 Å². The van der Waals surface area contributed by atoms with Crippen LogP contribution in [0.1, 0.15) is 27.2 Å². The van der Waals surface area contributed by atoms with Gasteiger partial charge in [-0.05, 0) is 20.8 Å². The van der Waals surface area contributed by atoms with E-state index >= 15 is 0 Å². The predicted molar refractivity (Wildman–Crippen MR) is 102 cm³/mol. The number of rotatable bonds is 3. The Labute approximate surface area is 166 Å². The minimum absolute atomic E-state index is 0.0533. The number of likely N-dealkylation sites (tertiary alicyclic amines) is 1. The zero-order valence-electron chi connectivity index (χ0n) is 15.9. The number of nitrogens with one attached hydrogen (secondary N) is 1. The van der Waals surface area contributed by atoms with E-state index in [-0.39, 0.29) is 30.6 Å². The van der Waals surface area contributed by atoms with Crippen LogP contribution in [-0.4, -0.2) is 57.1 Å². The van der Waals surface area contributed by atoms with E-state index in [0.717, 1.165) is 0 Å². The average molecular weight is 414 g/mol. The highest BCUT2D eigenvalue weighted by Gasteiger charge is 2.45. The highest BCUT2D eigenvalue weighted by molar-refractivity contribution is 6.30. The molecule has 1 N–H and O–H groups in total. The van der Waals surface area contributed by atoms with E-state index in [1.54, 1.807) is 26.8 Å². The van der Waals surface area contributed by atoms with Crippen molar-refractivity contribution in [3.05, 3.63) is 23.6 Å². The first kappa shape index (κ1) is 20.4. The molecule has 28 heavy (non-hydrogen) atoms. The van der Waals surface area contributed by atoms with Gasteiger partial charge in [0.05, 0.1) is 11.4 Å². The van der Waals surface area contributed by atoms with Crippen molar-refractivity contribution in [3.63, 3.8) is 0 Å². The second-order valence-electron chi connectivity index (χ2n) is 7.73. The molecular weight excluding hydrogens is 392 g/mol. The summed E-state index contributed by atoms with van der Waals surface area (Å²) in [4.78, 5) is 26.0. The van der Waals surface area contributed by atoms with E-state index in [4.69, 9.17) is 16.3 Å². The van der Waals surface area contributed by atoms with Gasteiger partial charge in [-0.2, -0.15) is 0 Å². The van der Waals surface area contributed by atoms with Crippen LogP contribution in [0.2, 0.25) is 5.15 Å². The molecule has 3 rings (SSSR count). The van der Waals surface area contributed by atoms with Gasteiger partial charge >= 0.3 is 6.09 Å². The lowest BCUT2D eigenvalue weighted by Crippen LogP contribution is -2.52. The van der Waals surface area contributed by atoms with Gasteiger partial charge in [-0.25, -0.2) is 23.5 Å². The molecule has 0 aliphatic carbocycles. The Morgan fingerprint density at radius 2 is 2.11 bits per heavy atom. The van der Waals surface area contributed by atoms with Crippen LogP contribution in [0.25, 0.3) is 11.0 Å². The number of nitrogens with zero attached hydrogens (tertiary/aromatic N) is 4. The van der Waals surface area contributed by atoms with E-state index in [1.165, 1.54) is 17.3 Å². The number of hydrogen-bond donors (Lipinski definition) is 1. The number of carbonyl (C=O) groups is 1. The van der Waals surface area contributed by atoms with Crippen molar-refractivity contribution in [2.45, 2.75) is 38.7 Å². The van der Waals surface area contributed by atoms with Crippen LogP contribution < -0.4 is 5.32 Å². The number of carbonyl (C=O) groups excluding carboxylic acids is 1. The van der Waals surface area contributed by atoms with Crippen molar-refractivity contribution in [3.8, 4) is 0 Å². The van der Waals surface area contributed by atoms with Crippen LogP contribution in [-0.2, 0) is 4.74 Å². The van der Waals surface area contributed by atoms with Crippen LogP contribution in [0.5, 0.6) is 0 Å². The SMILES string of the molecule is CC(C)(C)OC(=O)N1CCC(F)(F)[C@H](CNc2nc(Cl)cc3nccnc23)C1. The fourth-order valence-electron chi connectivity index (χ4n) is 2.97. The number of piperidine rings is 1. The van der Waals surface area contributed by atoms with Gasteiger partial charge in [0, 0.05) is 44.5 Å². The molecule has 0 unspecified atom stereocenters. The van der Waals surface area contributed by atoms with Gasteiger partial charge in [0.25, 0.3) is 5.92 Å². The first-order valence-corrected chi connectivity index (χ1v) is 9.30. The predicted octanol–water partition coefficient (Wildman–Crippen LogP) is 3.98. The monoisotopic (exact) mass is 413 g/mol. The van der Waals surface area contributed by atoms with Gasteiger partial charge in [0.2, 0.25) is 0 Å². The number of halogens is 3. The molecule has 0 aromatic carbocycles. The Kier molecular flexibility index (Phi) is 5.56. The summed E-state index contributed by atoms with van der Waals surface area (Å²) in [7, 11) is 0. The number of aromatic nitrogens is 3. The van der Waals surface area contributed by atoms with Gasteiger partial charge in [0.1, 0.15) is 16.3 Å². The third kappa shape index (κ3) is 4.76. The maximum absolute atomic E-state index is 14.4. The molecule has 3 heterocycles. The minimum atomic E-state index is -2.93. The zero-order valence-corrected chi connectivity index (χ0v) is 16.6. The molecule has 0 saturated carbocycles. The smallest absolute Gasteiger partial charge is 0.410 e. The minimum Gasteiger partial charge on any atom is -0.444 e. The highest BCUT2D eigenvalue weighted by Crippen LogP contribution is 2.34. The Hall–Kier alpha value is -2.29. The van der Waals surface area contributed by atoms with Gasteiger partial charge in [-0.3, -0.25) is 4.98 Å². The number of alkyl halides is 2. The first-order chi connectivity index (χ1) is 13.0. The van der Waals surface area contributed by atoms with Crippen LogP contribution in [0.15, 0.2) is 18.5 Å². The Bertz CT molecular complexity index is 875. The molecule has 1 aliphatic heterocycles. The largest absolute Gasteiger partial charge is 0.444 e. The van der Waals surface area contributed by atoms with Crippen LogP contribution in [0.4, 0.5) is 19.4 Å². The molecule has 0 radical (unpaired) electrons. The molecule has 10 heteroatoms. The number of hydrogen-bond acceptors (Lipinski definition) is 6. The molecule has 1 saturated heterocycles. The molecule has 2 aromatic rings. The van der Waals surface area contributed by atoms with Crippen LogP contribution >= 0.6 is 11.6 Å². The van der Waals surface area contributed by atoms with Crippen molar-refractivity contribution < 1.29 is 18.3 Å². The lowest BCUT2D eigenvalue weighted by atomic mass is 9.93. The molecule has 0 bridgehead atoms. The Balaban J connectivity index is 1.74. The van der Waals surface area contributed by atoms with Crippen LogP contribution in [0, 0.1) is 5.92 Å². The maximum atomic E-state index is 14.4. The number of ether oxygens (including phenoxy) is 1. The van der Waals surface area contributed by atoms with Gasteiger partial charge < -0.3 is 15.0 Å². The summed E-state index contributed by atoms with van der Waals surface area (Å²) in [5, 5.41) is 3.09. The zero-order chi connectivity index (χ0) is 20.5. The number of fused-ring (bicyclic) bond motifs is 1. The Morgan fingerprint density at radius 1 is 1.39 bits per heavy atom. The molecule has 0 spiro atoms. The third-order valence-electron chi connectivity index (χ3n) is 4.35. The quantitative estimate of drug-likeness (QED) is 0.766. The van der Waals surface area contributed by atoms with E-state index < -0.39 is 30.0 Å². The van der Waals surface area contributed by atoms with E-state index in [1.807, 2.05) is 0 Å². The van der Waals surface area contributed by atoms with E-state index in [0.29, 0.717) is 11.0 Å². The molecule has 1 atom stereocenters. The summed E-state index contributed by atoms with van der Waals surface area (Å²) in [6.07, 6.45) is 1.98. The molecule has 7 nitrogen and oxygen atoms in total. The normalized spacial score (nSPS) is 19.5. The second-order valence-corrected chi connectivity index (χ2v) is 8.12. The third-order valence-corrected chi connectivity index (χ3v) is 4.54. The summed E-state index contributed by atoms with van der Waals surface area (Å²) in [5.74, 6) is -3.76. The van der Waals surface area contributed by atoms with Crippen molar-refractivity contribution in [2.24, 2.45) is 5.92 Å². The summed E-state index contributed by atoms with van der Waals surface area (Å²) in [6, 6.07) is 1.55. The van der Waals surface area contributed by atoms with E-state index in [2.05, 4.69) is 20.3 Å². The lowest BCUT2D eigenvalue weighted by molar-refractivity contribution is -0.100. The molecule has 1 fully saturated rings. The fraction of sp³-hybridized carbons (Fsp3) is 0.556. The summed E-state index contributed by atoms with van der Waals surface area (Å²) in [6.45, 7) is 4.92. The van der Waals surface area contributed by atoms with E-state index in [9.17, 15) is 13.6 Å². The molecular formula is C18H22ClF2N5O2. The van der Waals surface area contributed by atoms with Crippen molar-refractivity contribution in [1.82, 2.24) is 19.9 Å². The molecule has 2 aromatic heterocycles. The highest BCUT2D eigenvalue weighted by atomic mass is 35.5. The van der Waals surface area contributed by atoms with Crippen molar-refractivity contribution in [1.29, 1.82) is 0 Å². The standard InChI is InChI=1S/C18H22ClF2N5O2/c1-17(2,3)28-16(27)26-7-4-18(20,21)11(10-26)9-24-15-14-12(8-13(19)25-15)22-5-6-23-14/h5-6,8,11H,4,7,9-10H2,1-3H3,(H,24,25)/t11-/m1/s1. The van der Waals surface area contributed by atoms with Gasteiger partial charge in [-0.1, -0.05) is 11.6 Å². The summed E-state index contributed by atoms with van der Waals surface area (Å²) >= 11 is 5.99. The summed E-state index contributed by atoms with van der Waals surface area (Å²) < 4.78 is 34.2. The molecule has 1 aliphatic rings. The molecule has 152 valence electrons. The number of anilines is 1. The van der Waals surface area contributed by atoms with Gasteiger partial charge in [0.15, 0.2) is 5.82 Å². The summed E-state index contributed by atoms with van der Waals surface area (Å²) in [5.41, 5.74) is 0.262. The Morgan fingerprint density at radius 3 is 2.82 bits per heavy atom. The van der Waals surface area contributed by atoms with Crippen LogP contribution in [0.3, 0.4) is 0 Å². The fourth-order valence-corrected chi connectivity index (χ4v) is 3.16. The topological polar surface area (TPSA) is 80.2 Å². The lowest BCUT2D eigenvalue weighted by Gasteiger charge is -2.38. The number of amides is 1. The molecule has 1 amide bonds. The van der Waals surface area contributed by atoms with Crippen molar-refractivity contribution >= 4 is 34.5 Å². The number of pyridine rings is 1.